The van der Waals surface area contributed by atoms with E-state index in [2.05, 4.69) is 41.5 Å². The van der Waals surface area contributed by atoms with E-state index in [4.69, 9.17) is 4.74 Å². The molecular weight excluding hydrogens is 290 g/mol. The van der Waals surface area contributed by atoms with Gasteiger partial charge in [-0.05, 0) is 50.9 Å². The number of hydrogen-bond acceptors (Lipinski definition) is 4. The number of rotatable bonds is 4. The van der Waals surface area contributed by atoms with Crippen molar-refractivity contribution in [3.8, 4) is 0 Å². The molecule has 5 heteroatoms. The Balaban J connectivity index is 1.59. The number of anilines is 1. The zero-order valence-electron chi connectivity index (χ0n) is 14.0. The molecule has 2 aliphatic rings. The van der Waals surface area contributed by atoms with Gasteiger partial charge in [0.05, 0.1) is 18.2 Å². The molecule has 1 amide bonds. The number of carbonyl (C=O) groups excluding carboxylic acids is 1. The molecule has 0 aromatic heterocycles. The van der Waals surface area contributed by atoms with Crippen LogP contribution in [0.5, 0.6) is 0 Å². The number of ether oxygens (including phenoxy) is 1. The minimum atomic E-state index is -0.0420. The second-order valence-corrected chi connectivity index (χ2v) is 6.79. The van der Waals surface area contributed by atoms with Crippen LogP contribution in [-0.4, -0.2) is 48.7 Å². The van der Waals surface area contributed by atoms with Gasteiger partial charge in [-0.3, -0.25) is 9.69 Å². The summed E-state index contributed by atoms with van der Waals surface area (Å²) in [5, 5.41) is 6.27. The summed E-state index contributed by atoms with van der Waals surface area (Å²) >= 11 is 0. The van der Waals surface area contributed by atoms with E-state index in [1.807, 2.05) is 12.1 Å². The molecule has 3 rings (SSSR count). The van der Waals surface area contributed by atoms with Crippen molar-refractivity contribution in [1.29, 1.82) is 0 Å². The average Bonchev–Trinajstić information content (AvgIpc) is 3.00. The Labute approximate surface area is 138 Å². The Bertz CT molecular complexity index is 533. The molecule has 2 heterocycles. The first-order valence-corrected chi connectivity index (χ1v) is 8.61. The molecule has 0 aliphatic carbocycles. The van der Waals surface area contributed by atoms with Crippen molar-refractivity contribution in [1.82, 2.24) is 10.2 Å². The normalized spacial score (nSPS) is 28.7. The van der Waals surface area contributed by atoms with Crippen LogP contribution in [0.25, 0.3) is 0 Å². The van der Waals surface area contributed by atoms with Crippen LogP contribution in [-0.2, 0) is 16.1 Å². The van der Waals surface area contributed by atoms with E-state index in [0.29, 0.717) is 0 Å². The van der Waals surface area contributed by atoms with Crippen molar-refractivity contribution in [3.63, 3.8) is 0 Å². The van der Waals surface area contributed by atoms with Crippen LogP contribution in [0.2, 0.25) is 0 Å². The summed E-state index contributed by atoms with van der Waals surface area (Å²) in [5.41, 5.74) is 2.11. The van der Waals surface area contributed by atoms with Gasteiger partial charge in [0.2, 0.25) is 5.91 Å². The van der Waals surface area contributed by atoms with E-state index in [1.54, 1.807) is 0 Å². The van der Waals surface area contributed by atoms with Crippen molar-refractivity contribution >= 4 is 11.6 Å². The Hall–Kier alpha value is -1.43. The molecule has 0 radical (unpaired) electrons. The highest BCUT2D eigenvalue weighted by molar-refractivity contribution is 5.95. The number of benzene rings is 1. The van der Waals surface area contributed by atoms with Gasteiger partial charge in [0.25, 0.3) is 0 Å². The molecule has 0 saturated carbocycles. The third-order valence-corrected chi connectivity index (χ3v) is 4.47. The maximum absolute atomic E-state index is 12.2. The second kappa shape index (κ2) is 7.43. The van der Waals surface area contributed by atoms with Gasteiger partial charge in [0, 0.05) is 25.3 Å². The molecule has 5 nitrogen and oxygen atoms in total. The number of carbonyl (C=O) groups is 1. The maximum Gasteiger partial charge on any atom is 0.241 e. The number of nitrogens with one attached hydrogen (secondary N) is 2. The number of morpholine rings is 1. The first-order valence-electron chi connectivity index (χ1n) is 8.61. The van der Waals surface area contributed by atoms with Gasteiger partial charge in [-0.25, -0.2) is 0 Å². The first kappa shape index (κ1) is 16.4. The highest BCUT2D eigenvalue weighted by Gasteiger charge is 2.23. The number of hydrogen-bond donors (Lipinski definition) is 2. The molecule has 3 atom stereocenters. The smallest absolute Gasteiger partial charge is 0.241 e. The van der Waals surface area contributed by atoms with Crippen LogP contribution in [0.4, 0.5) is 5.69 Å². The monoisotopic (exact) mass is 317 g/mol. The van der Waals surface area contributed by atoms with E-state index < -0.39 is 0 Å². The predicted octanol–water partition coefficient (Wildman–Crippen LogP) is 1.99. The Morgan fingerprint density at radius 2 is 2.13 bits per heavy atom. The van der Waals surface area contributed by atoms with E-state index >= 15 is 0 Å². The minimum Gasteiger partial charge on any atom is -0.373 e. The van der Waals surface area contributed by atoms with Gasteiger partial charge < -0.3 is 15.4 Å². The largest absolute Gasteiger partial charge is 0.373 e. The summed E-state index contributed by atoms with van der Waals surface area (Å²) in [5.74, 6) is 0.0771. The lowest BCUT2D eigenvalue weighted by Crippen LogP contribution is -2.44. The lowest BCUT2D eigenvalue weighted by atomic mass is 10.1. The summed E-state index contributed by atoms with van der Waals surface area (Å²) in [6, 6.07) is 8.13. The van der Waals surface area contributed by atoms with Crippen LogP contribution in [0.15, 0.2) is 24.3 Å². The van der Waals surface area contributed by atoms with Gasteiger partial charge in [-0.2, -0.15) is 0 Å². The van der Waals surface area contributed by atoms with Crippen LogP contribution >= 0.6 is 0 Å². The topological polar surface area (TPSA) is 53.6 Å². The van der Waals surface area contributed by atoms with Crippen LogP contribution < -0.4 is 10.6 Å². The standard InChI is InChI=1S/C18H27N3O2/c1-13-10-21(11-14(2)23-13)12-15-5-3-6-16(9-15)20-18(22)17-7-4-8-19-17/h3,5-6,9,13-14,17,19H,4,7-8,10-12H2,1-2H3,(H,20,22). The maximum atomic E-state index is 12.2. The Morgan fingerprint density at radius 1 is 1.35 bits per heavy atom. The quantitative estimate of drug-likeness (QED) is 0.892. The molecule has 2 fully saturated rings. The SMILES string of the molecule is CC1CN(Cc2cccc(NC(=O)C3CCCN3)c2)CC(C)O1. The first-order chi connectivity index (χ1) is 11.1. The molecule has 1 aromatic rings. The fourth-order valence-electron chi connectivity index (χ4n) is 3.56. The van der Waals surface area contributed by atoms with E-state index in [1.165, 1.54) is 5.56 Å². The summed E-state index contributed by atoms with van der Waals surface area (Å²) in [6.07, 6.45) is 2.55. The highest BCUT2D eigenvalue weighted by atomic mass is 16.5. The molecule has 1 aromatic carbocycles. The zero-order chi connectivity index (χ0) is 16.2. The third kappa shape index (κ3) is 4.53. The number of amides is 1. The average molecular weight is 317 g/mol. The van der Waals surface area contributed by atoms with Gasteiger partial charge in [0.15, 0.2) is 0 Å². The van der Waals surface area contributed by atoms with E-state index in [9.17, 15) is 4.79 Å². The van der Waals surface area contributed by atoms with Gasteiger partial charge in [-0.1, -0.05) is 12.1 Å². The number of nitrogens with zero attached hydrogens (tertiary/aromatic N) is 1. The molecular formula is C18H27N3O2. The Kier molecular flexibility index (Phi) is 5.30. The fourth-order valence-corrected chi connectivity index (χ4v) is 3.56. The fraction of sp³-hybridized carbons (Fsp3) is 0.611. The molecule has 2 aliphatic heterocycles. The molecule has 126 valence electrons. The van der Waals surface area contributed by atoms with Crippen molar-refractivity contribution in [2.75, 3.05) is 25.0 Å². The van der Waals surface area contributed by atoms with Crippen molar-refractivity contribution in [3.05, 3.63) is 29.8 Å². The molecule has 2 saturated heterocycles. The third-order valence-electron chi connectivity index (χ3n) is 4.47. The van der Waals surface area contributed by atoms with Crippen molar-refractivity contribution in [2.24, 2.45) is 0 Å². The van der Waals surface area contributed by atoms with Gasteiger partial charge >= 0.3 is 0 Å². The lowest BCUT2D eigenvalue weighted by Gasteiger charge is -2.35. The summed E-state index contributed by atoms with van der Waals surface area (Å²) in [4.78, 5) is 14.6. The van der Waals surface area contributed by atoms with Crippen LogP contribution in [0.1, 0.15) is 32.3 Å². The summed E-state index contributed by atoms with van der Waals surface area (Å²) in [7, 11) is 0. The second-order valence-electron chi connectivity index (χ2n) is 6.79. The minimum absolute atomic E-state index is 0.0420. The van der Waals surface area contributed by atoms with Gasteiger partial charge in [-0.15, -0.1) is 0 Å². The summed E-state index contributed by atoms with van der Waals surface area (Å²) in [6.45, 7) is 7.97. The molecule has 3 unspecified atom stereocenters. The predicted molar refractivity (Wildman–Crippen MR) is 91.4 cm³/mol. The van der Waals surface area contributed by atoms with Crippen LogP contribution in [0.3, 0.4) is 0 Å². The molecule has 23 heavy (non-hydrogen) atoms. The molecule has 2 N–H and O–H groups in total. The summed E-state index contributed by atoms with van der Waals surface area (Å²) < 4.78 is 5.78. The molecule has 0 spiro atoms. The highest BCUT2D eigenvalue weighted by Crippen LogP contribution is 2.17. The van der Waals surface area contributed by atoms with Crippen molar-refractivity contribution in [2.45, 2.75) is 51.5 Å². The lowest BCUT2D eigenvalue weighted by molar-refractivity contribution is -0.117. The molecule has 0 bridgehead atoms. The van der Waals surface area contributed by atoms with E-state index in [-0.39, 0.29) is 24.2 Å². The van der Waals surface area contributed by atoms with Crippen molar-refractivity contribution < 1.29 is 9.53 Å². The van der Waals surface area contributed by atoms with Crippen LogP contribution in [0, 0.1) is 0 Å². The van der Waals surface area contributed by atoms with Gasteiger partial charge in [0.1, 0.15) is 0 Å². The van der Waals surface area contributed by atoms with E-state index in [0.717, 1.165) is 44.7 Å². The Morgan fingerprint density at radius 3 is 2.83 bits per heavy atom. The zero-order valence-corrected chi connectivity index (χ0v) is 14.0.